The van der Waals surface area contributed by atoms with Crippen LogP contribution in [0.1, 0.15) is 40.0 Å². The van der Waals surface area contributed by atoms with Gasteiger partial charge in [0, 0.05) is 12.0 Å². The quantitative estimate of drug-likeness (QED) is 0.731. The molecule has 2 aliphatic heterocycles. The molecule has 0 aromatic carbocycles. The number of hydrogen-bond acceptors (Lipinski definition) is 5. The number of carbonyl (C=O) groups excluding carboxylic acids is 1. The maximum atomic E-state index is 12.2. The molecule has 2 fully saturated rings. The lowest BCUT2D eigenvalue weighted by Crippen LogP contribution is -2.53. The fourth-order valence-electron chi connectivity index (χ4n) is 3.57. The molecule has 0 radical (unpaired) electrons. The van der Waals surface area contributed by atoms with E-state index < -0.39 is 17.7 Å². The van der Waals surface area contributed by atoms with Crippen molar-refractivity contribution in [1.29, 1.82) is 0 Å². The van der Waals surface area contributed by atoms with E-state index in [-0.39, 0.29) is 5.92 Å². The van der Waals surface area contributed by atoms with Crippen LogP contribution in [0.25, 0.3) is 0 Å². The van der Waals surface area contributed by atoms with Crippen molar-refractivity contribution < 1.29 is 19.7 Å². The molecule has 2 heterocycles. The van der Waals surface area contributed by atoms with Gasteiger partial charge in [0.25, 0.3) is 0 Å². The van der Waals surface area contributed by atoms with E-state index in [4.69, 9.17) is 4.74 Å². The lowest BCUT2D eigenvalue weighted by Gasteiger charge is -2.33. The molecule has 0 saturated carbocycles. The molecule has 20 heavy (non-hydrogen) atoms. The van der Waals surface area contributed by atoms with Crippen LogP contribution in [-0.4, -0.2) is 58.5 Å². The van der Waals surface area contributed by atoms with Crippen molar-refractivity contribution in [3.63, 3.8) is 0 Å². The highest BCUT2D eigenvalue weighted by molar-refractivity contribution is 5.80. The number of esters is 1. The Balaban J connectivity index is 1.91. The van der Waals surface area contributed by atoms with Gasteiger partial charge in [-0.05, 0) is 45.2 Å². The second-order valence-electron chi connectivity index (χ2n) is 6.55. The first-order valence-corrected chi connectivity index (χ1v) is 7.69. The number of rotatable bonds is 5. The van der Waals surface area contributed by atoms with Crippen LogP contribution in [0.3, 0.4) is 0 Å². The van der Waals surface area contributed by atoms with E-state index in [0.717, 1.165) is 19.5 Å². The number of fused-ring (bicyclic) bond motifs is 1. The topological polar surface area (TPSA) is 70.0 Å². The third-order valence-corrected chi connectivity index (χ3v) is 5.02. The number of ether oxygens (including phenoxy) is 1. The summed E-state index contributed by atoms with van der Waals surface area (Å²) in [6, 6.07) is 0.529. The molecule has 0 spiro atoms. The van der Waals surface area contributed by atoms with Gasteiger partial charge in [-0.1, -0.05) is 13.8 Å². The van der Waals surface area contributed by atoms with Gasteiger partial charge in [-0.15, -0.1) is 0 Å². The summed E-state index contributed by atoms with van der Waals surface area (Å²) < 4.78 is 5.35. The molecular weight excluding hydrogens is 258 g/mol. The Morgan fingerprint density at radius 1 is 1.35 bits per heavy atom. The van der Waals surface area contributed by atoms with Crippen LogP contribution in [0, 0.1) is 11.8 Å². The SMILES string of the molecule is CC(C)[C@](O)(C(=O)OC[C@@H]1CCN2CCC[C@@H]12)[C@@H](C)O. The Hall–Kier alpha value is -0.650. The van der Waals surface area contributed by atoms with Crippen LogP contribution < -0.4 is 0 Å². The summed E-state index contributed by atoms with van der Waals surface area (Å²) in [5, 5.41) is 20.1. The molecule has 5 heteroatoms. The van der Waals surface area contributed by atoms with Gasteiger partial charge >= 0.3 is 5.97 Å². The monoisotopic (exact) mass is 285 g/mol. The second-order valence-corrected chi connectivity index (χ2v) is 6.55. The van der Waals surface area contributed by atoms with Crippen molar-refractivity contribution >= 4 is 5.97 Å². The zero-order chi connectivity index (χ0) is 14.9. The number of hydrogen-bond donors (Lipinski definition) is 2. The van der Waals surface area contributed by atoms with Crippen molar-refractivity contribution in [3.05, 3.63) is 0 Å². The van der Waals surface area contributed by atoms with Crippen molar-refractivity contribution in [2.75, 3.05) is 19.7 Å². The Kier molecular flexibility index (Phi) is 4.72. The van der Waals surface area contributed by atoms with E-state index in [0.29, 0.717) is 18.6 Å². The van der Waals surface area contributed by atoms with Crippen molar-refractivity contribution in [2.45, 2.75) is 57.8 Å². The van der Waals surface area contributed by atoms with Crippen LogP contribution >= 0.6 is 0 Å². The zero-order valence-corrected chi connectivity index (χ0v) is 12.7. The highest BCUT2D eigenvalue weighted by Gasteiger charge is 2.46. The molecule has 0 aliphatic carbocycles. The van der Waals surface area contributed by atoms with Gasteiger partial charge in [0.2, 0.25) is 0 Å². The normalized spacial score (nSPS) is 31.1. The smallest absolute Gasteiger partial charge is 0.341 e. The summed E-state index contributed by atoms with van der Waals surface area (Å²) in [5.74, 6) is -0.715. The van der Waals surface area contributed by atoms with Crippen LogP contribution in [0.2, 0.25) is 0 Å². The van der Waals surface area contributed by atoms with Gasteiger partial charge in [0.05, 0.1) is 12.7 Å². The number of nitrogens with zero attached hydrogens (tertiary/aromatic N) is 1. The first-order chi connectivity index (χ1) is 9.37. The van der Waals surface area contributed by atoms with Gasteiger partial charge in [-0.2, -0.15) is 0 Å². The molecule has 0 amide bonds. The Morgan fingerprint density at radius 3 is 2.65 bits per heavy atom. The van der Waals surface area contributed by atoms with E-state index in [2.05, 4.69) is 4.90 Å². The van der Waals surface area contributed by atoms with E-state index in [9.17, 15) is 15.0 Å². The second kappa shape index (κ2) is 6.00. The molecule has 2 aliphatic rings. The Morgan fingerprint density at radius 2 is 2.05 bits per heavy atom. The molecule has 0 unspecified atom stereocenters. The van der Waals surface area contributed by atoms with Gasteiger partial charge in [0.15, 0.2) is 5.60 Å². The lowest BCUT2D eigenvalue weighted by atomic mass is 9.85. The molecule has 2 saturated heterocycles. The third-order valence-electron chi connectivity index (χ3n) is 5.02. The summed E-state index contributed by atoms with van der Waals surface area (Å²) >= 11 is 0. The van der Waals surface area contributed by atoms with Crippen molar-refractivity contribution in [3.8, 4) is 0 Å². The van der Waals surface area contributed by atoms with E-state index >= 15 is 0 Å². The number of carbonyl (C=O) groups is 1. The molecule has 0 aromatic rings. The zero-order valence-electron chi connectivity index (χ0n) is 12.7. The van der Waals surface area contributed by atoms with Crippen molar-refractivity contribution in [1.82, 2.24) is 4.90 Å². The van der Waals surface area contributed by atoms with Crippen LogP contribution in [0.5, 0.6) is 0 Å². The molecule has 116 valence electrons. The molecular formula is C15H27NO4. The average Bonchev–Trinajstić information content (AvgIpc) is 2.97. The third kappa shape index (κ3) is 2.71. The summed E-state index contributed by atoms with van der Waals surface area (Å²) in [4.78, 5) is 14.6. The fourth-order valence-corrected chi connectivity index (χ4v) is 3.57. The van der Waals surface area contributed by atoms with Gasteiger partial charge in [-0.25, -0.2) is 4.79 Å². The number of aliphatic hydroxyl groups excluding tert-OH is 1. The van der Waals surface area contributed by atoms with Gasteiger partial charge in [-0.3, -0.25) is 4.90 Å². The lowest BCUT2D eigenvalue weighted by molar-refractivity contribution is -0.186. The molecule has 2 N–H and O–H groups in total. The fraction of sp³-hybridized carbons (Fsp3) is 0.933. The summed E-state index contributed by atoms with van der Waals surface area (Å²) in [6.45, 7) is 7.43. The minimum Gasteiger partial charge on any atom is -0.463 e. The number of aliphatic hydroxyl groups is 2. The van der Waals surface area contributed by atoms with Crippen LogP contribution in [0.4, 0.5) is 0 Å². The maximum absolute atomic E-state index is 12.2. The van der Waals surface area contributed by atoms with Gasteiger partial charge in [0.1, 0.15) is 0 Å². The van der Waals surface area contributed by atoms with Crippen LogP contribution in [0.15, 0.2) is 0 Å². The standard InChI is InChI=1S/C15H27NO4/c1-10(2)15(19,11(3)17)14(18)20-9-12-6-8-16-7-4-5-13(12)16/h10-13,17,19H,4-9H2,1-3H3/t11-,12+,13+,15-/m1/s1. The molecule has 0 bridgehead atoms. The first kappa shape index (κ1) is 15.7. The molecule has 2 rings (SSSR count). The largest absolute Gasteiger partial charge is 0.463 e. The summed E-state index contributed by atoms with van der Waals surface area (Å²) in [5.41, 5.74) is -1.81. The summed E-state index contributed by atoms with van der Waals surface area (Å²) in [6.07, 6.45) is 2.31. The van der Waals surface area contributed by atoms with Crippen LogP contribution in [-0.2, 0) is 9.53 Å². The average molecular weight is 285 g/mol. The molecule has 0 aromatic heterocycles. The Bertz CT molecular complexity index is 348. The highest BCUT2D eigenvalue weighted by atomic mass is 16.6. The first-order valence-electron chi connectivity index (χ1n) is 7.69. The summed E-state index contributed by atoms with van der Waals surface area (Å²) in [7, 11) is 0. The maximum Gasteiger partial charge on any atom is 0.341 e. The minimum atomic E-state index is -1.81. The molecule has 4 atom stereocenters. The molecule has 5 nitrogen and oxygen atoms in total. The highest BCUT2D eigenvalue weighted by Crippen LogP contribution is 2.33. The Labute approximate surface area is 120 Å². The van der Waals surface area contributed by atoms with Gasteiger partial charge < -0.3 is 14.9 Å². The minimum absolute atomic E-state index is 0.349. The predicted molar refractivity (Wildman–Crippen MR) is 75.1 cm³/mol. The van der Waals surface area contributed by atoms with Crippen molar-refractivity contribution in [2.24, 2.45) is 11.8 Å². The van der Waals surface area contributed by atoms with E-state index in [1.807, 2.05) is 0 Å². The van der Waals surface area contributed by atoms with E-state index in [1.54, 1.807) is 13.8 Å². The van der Waals surface area contributed by atoms with E-state index in [1.165, 1.54) is 19.8 Å². The predicted octanol–water partition coefficient (Wildman–Crippen LogP) is 0.782.